The third-order valence-corrected chi connectivity index (χ3v) is 6.12. The summed E-state index contributed by atoms with van der Waals surface area (Å²) in [5, 5.41) is 3.40. The van der Waals surface area contributed by atoms with Crippen molar-refractivity contribution in [3.8, 4) is 0 Å². The SMILES string of the molecule is CCOC(=O)c1cc(CC)sc1NC(=O)CN1CCN(C(=O)c2ccccc2)CC1. The highest BCUT2D eigenvalue weighted by Crippen LogP contribution is 2.29. The van der Waals surface area contributed by atoms with E-state index in [1.807, 2.05) is 47.1 Å². The van der Waals surface area contributed by atoms with E-state index in [0.717, 1.165) is 11.3 Å². The van der Waals surface area contributed by atoms with Gasteiger partial charge in [-0.15, -0.1) is 11.3 Å². The van der Waals surface area contributed by atoms with Crippen LogP contribution in [0.15, 0.2) is 36.4 Å². The molecule has 1 N–H and O–H groups in total. The van der Waals surface area contributed by atoms with Crippen LogP contribution < -0.4 is 5.32 Å². The van der Waals surface area contributed by atoms with E-state index in [-0.39, 0.29) is 25.0 Å². The van der Waals surface area contributed by atoms with Crippen molar-refractivity contribution in [3.05, 3.63) is 52.4 Å². The molecule has 0 unspecified atom stereocenters. The summed E-state index contributed by atoms with van der Waals surface area (Å²) in [6.07, 6.45) is 0.782. The first kappa shape index (κ1) is 22.0. The third kappa shape index (κ3) is 5.46. The van der Waals surface area contributed by atoms with Gasteiger partial charge >= 0.3 is 5.97 Å². The zero-order chi connectivity index (χ0) is 21.5. The molecular formula is C22H27N3O4S. The average molecular weight is 430 g/mol. The molecule has 2 heterocycles. The lowest BCUT2D eigenvalue weighted by Crippen LogP contribution is -2.50. The molecule has 3 rings (SSSR count). The summed E-state index contributed by atoms with van der Waals surface area (Å²) >= 11 is 1.40. The quantitative estimate of drug-likeness (QED) is 0.685. The van der Waals surface area contributed by atoms with Gasteiger partial charge in [0.15, 0.2) is 0 Å². The molecule has 160 valence electrons. The molecular weight excluding hydrogens is 402 g/mol. The molecule has 1 aromatic carbocycles. The minimum absolute atomic E-state index is 0.0180. The molecule has 0 spiro atoms. The van der Waals surface area contributed by atoms with Gasteiger partial charge in [0.1, 0.15) is 5.00 Å². The minimum Gasteiger partial charge on any atom is -0.462 e. The minimum atomic E-state index is -0.420. The van der Waals surface area contributed by atoms with E-state index in [4.69, 9.17) is 4.74 Å². The number of ether oxygens (including phenoxy) is 1. The first-order valence-electron chi connectivity index (χ1n) is 10.2. The van der Waals surface area contributed by atoms with Crippen molar-refractivity contribution >= 4 is 34.1 Å². The van der Waals surface area contributed by atoms with E-state index in [1.165, 1.54) is 11.3 Å². The largest absolute Gasteiger partial charge is 0.462 e. The normalized spacial score (nSPS) is 14.4. The van der Waals surface area contributed by atoms with Crippen molar-refractivity contribution in [1.82, 2.24) is 9.80 Å². The van der Waals surface area contributed by atoms with E-state index in [2.05, 4.69) is 5.32 Å². The van der Waals surface area contributed by atoms with Crippen LogP contribution in [-0.4, -0.2) is 66.9 Å². The lowest BCUT2D eigenvalue weighted by molar-refractivity contribution is -0.117. The third-order valence-electron chi connectivity index (χ3n) is 4.93. The number of nitrogens with one attached hydrogen (secondary N) is 1. The topological polar surface area (TPSA) is 79.0 Å². The molecule has 7 nitrogen and oxygen atoms in total. The number of benzene rings is 1. The van der Waals surface area contributed by atoms with Crippen molar-refractivity contribution in [2.24, 2.45) is 0 Å². The van der Waals surface area contributed by atoms with Gasteiger partial charge < -0.3 is 15.0 Å². The van der Waals surface area contributed by atoms with Crippen molar-refractivity contribution in [1.29, 1.82) is 0 Å². The number of thiophene rings is 1. The number of hydrogen-bond acceptors (Lipinski definition) is 6. The highest BCUT2D eigenvalue weighted by atomic mass is 32.1. The maximum atomic E-state index is 12.6. The number of anilines is 1. The Labute approximate surface area is 180 Å². The van der Waals surface area contributed by atoms with Gasteiger partial charge in [0.2, 0.25) is 5.91 Å². The number of carbonyl (C=O) groups excluding carboxylic acids is 3. The van der Waals surface area contributed by atoms with Gasteiger partial charge in [0.05, 0.1) is 18.7 Å². The van der Waals surface area contributed by atoms with Crippen molar-refractivity contribution in [3.63, 3.8) is 0 Å². The fourth-order valence-corrected chi connectivity index (χ4v) is 4.31. The van der Waals surface area contributed by atoms with Gasteiger partial charge in [-0.1, -0.05) is 25.1 Å². The van der Waals surface area contributed by atoms with E-state index in [9.17, 15) is 14.4 Å². The van der Waals surface area contributed by atoms with Gasteiger partial charge in [0.25, 0.3) is 5.91 Å². The second kappa shape index (κ2) is 10.4. The first-order valence-corrected chi connectivity index (χ1v) is 11.0. The lowest BCUT2D eigenvalue weighted by atomic mass is 10.2. The van der Waals surface area contributed by atoms with Gasteiger partial charge in [-0.2, -0.15) is 0 Å². The maximum absolute atomic E-state index is 12.6. The maximum Gasteiger partial charge on any atom is 0.341 e. The molecule has 1 aliphatic rings. The molecule has 8 heteroatoms. The predicted molar refractivity (Wildman–Crippen MR) is 117 cm³/mol. The molecule has 0 saturated carbocycles. The molecule has 1 aromatic heterocycles. The van der Waals surface area contributed by atoms with E-state index < -0.39 is 5.97 Å². The summed E-state index contributed by atoms with van der Waals surface area (Å²) in [5.74, 6) is -0.575. The average Bonchev–Trinajstić information content (AvgIpc) is 3.17. The standard InChI is InChI=1S/C22H27N3O4S/c1-3-17-14-18(22(28)29-4-2)20(30-17)23-19(26)15-24-10-12-25(13-11-24)21(27)16-8-6-5-7-9-16/h5-9,14H,3-4,10-13,15H2,1-2H3,(H,23,26). The Kier molecular flexibility index (Phi) is 7.59. The number of amides is 2. The molecule has 30 heavy (non-hydrogen) atoms. The van der Waals surface area contributed by atoms with Crippen LogP contribution in [0.1, 0.15) is 39.4 Å². The molecule has 1 saturated heterocycles. The summed E-state index contributed by atoms with van der Waals surface area (Å²) in [6.45, 7) is 6.67. The molecule has 2 amide bonds. The summed E-state index contributed by atoms with van der Waals surface area (Å²) in [6, 6.07) is 11.0. The number of piperazine rings is 1. The lowest BCUT2D eigenvalue weighted by Gasteiger charge is -2.34. The summed E-state index contributed by atoms with van der Waals surface area (Å²) in [7, 11) is 0. The fourth-order valence-electron chi connectivity index (χ4n) is 3.31. The Hall–Kier alpha value is -2.71. The second-order valence-corrected chi connectivity index (χ2v) is 8.15. The van der Waals surface area contributed by atoms with Gasteiger partial charge in [0, 0.05) is 36.6 Å². The van der Waals surface area contributed by atoms with Crippen LogP contribution in [0.25, 0.3) is 0 Å². The number of hydrogen-bond donors (Lipinski definition) is 1. The Balaban J connectivity index is 1.54. The molecule has 0 radical (unpaired) electrons. The predicted octanol–water partition coefficient (Wildman–Crippen LogP) is 2.88. The molecule has 0 aliphatic carbocycles. The number of esters is 1. The van der Waals surface area contributed by atoms with Crippen LogP contribution in [0.4, 0.5) is 5.00 Å². The summed E-state index contributed by atoms with van der Waals surface area (Å²) in [5.41, 5.74) is 1.09. The number of rotatable bonds is 7. The Morgan fingerprint density at radius 3 is 2.40 bits per heavy atom. The van der Waals surface area contributed by atoms with Crippen LogP contribution in [0.3, 0.4) is 0 Å². The summed E-state index contributed by atoms with van der Waals surface area (Å²) in [4.78, 5) is 42.1. The van der Waals surface area contributed by atoms with E-state index >= 15 is 0 Å². The summed E-state index contributed by atoms with van der Waals surface area (Å²) < 4.78 is 5.10. The number of carbonyl (C=O) groups is 3. The highest BCUT2D eigenvalue weighted by Gasteiger charge is 2.24. The van der Waals surface area contributed by atoms with Gasteiger partial charge in [-0.25, -0.2) is 4.79 Å². The van der Waals surface area contributed by atoms with Crippen LogP contribution in [0.2, 0.25) is 0 Å². The van der Waals surface area contributed by atoms with Crippen LogP contribution in [0.5, 0.6) is 0 Å². The van der Waals surface area contributed by atoms with Crippen LogP contribution in [0, 0.1) is 0 Å². The first-order chi connectivity index (χ1) is 14.5. The molecule has 1 aliphatic heterocycles. The van der Waals surface area contributed by atoms with Crippen LogP contribution in [-0.2, 0) is 16.0 Å². The monoisotopic (exact) mass is 429 g/mol. The molecule has 0 bridgehead atoms. The Morgan fingerprint density at radius 2 is 1.77 bits per heavy atom. The molecule has 0 atom stereocenters. The smallest absolute Gasteiger partial charge is 0.341 e. The fraction of sp³-hybridized carbons (Fsp3) is 0.409. The van der Waals surface area contributed by atoms with E-state index in [1.54, 1.807) is 13.0 Å². The van der Waals surface area contributed by atoms with E-state index in [0.29, 0.717) is 42.3 Å². The number of nitrogens with zero attached hydrogens (tertiary/aromatic N) is 2. The zero-order valence-corrected chi connectivity index (χ0v) is 18.2. The Morgan fingerprint density at radius 1 is 1.07 bits per heavy atom. The second-order valence-electron chi connectivity index (χ2n) is 7.01. The van der Waals surface area contributed by atoms with Crippen molar-refractivity contribution < 1.29 is 19.1 Å². The zero-order valence-electron chi connectivity index (χ0n) is 17.3. The highest BCUT2D eigenvalue weighted by molar-refractivity contribution is 7.16. The molecule has 1 fully saturated rings. The van der Waals surface area contributed by atoms with Crippen molar-refractivity contribution in [2.45, 2.75) is 20.3 Å². The Bertz CT molecular complexity index is 889. The van der Waals surface area contributed by atoms with Gasteiger partial charge in [-0.05, 0) is 31.5 Å². The number of aryl methyl sites for hydroxylation is 1. The van der Waals surface area contributed by atoms with Crippen LogP contribution >= 0.6 is 11.3 Å². The molecule has 2 aromatic rings. The van der Waals surface area contributed by atoms with Gasteiger partial charge in [-0.3, -0.25) is 14.5 Å². The van der Waals surface area contributed by atoms with Crippen molar-refractivity contribution in [2.75, 3.05) is 44.6 Å².